The van der Waals surface area contributed by atoms with E-state index in [4.69, 9.17) is 4.74 Å². The molecule has 5 rings (SSSR count). The van der Waals surface area contributed by atoms with E-state index < -0.39 is 16.4 Å². The van der Waals surface area contributed by atoms with Gasteiger partial charge in [0.2, 0.25) is 10.0 Å². The lowest BCUT2D eigenvalue weighted by Gasteiger charge is -2.26. The number of carbonyl (C=O) groups excluding carboxylic acids is 1. The van der Waals surface area contributed by atoms with E-state index in [1.165, 1.54) is 11.4 Å². The molecule has 1 atom stereocenters. The highest BCUT2D eigenvalue weighted by atomic mass is 32.2. The Morgan fingerprint density at radius 3 is 2.62 bits per heavy atom. The molecule has 0 radical (unpaired) electrons. The molecule has 8 nitrogen and oxygen atoms in total. The van der Waals surface area contributed by atoms with Gasteiger partial charge in [0.1, 0.15) is 11.5 Å². The van der Waals surface area contributed by atoms with Crippen LogP contribution in [0.5, 0.6) is 0 Å². The summed E-state index contributed by atoms with van der Waals surface area (Å²) in [5.74, 6) is 0.129. The first-order valence-electron chi connectivity index (χ1n) is 12.5. The molecule has 11 heteroatoms. The zero-order valence-electron chi connectivity index (χ0n) is 20.8. The Hall–Kier alpha value is -2.92. The van der Waals surface area contributed by atoms with Crippen LogP contribution in [0.2, 0.25) is 0 Å². The summed E-state index contributed by atoms with van der Waals surface area (Å²) in [5, 5.41) is 3.22. The number of sulfonamides is 1. The molecule has 1 aromatic carbocycles. The number of fused-ring (bicyclic) bond motifs is 1. The number of nitrogens with one attached hydrogen (secondary N) is 1. The Bertz CT molecular complexity index is 1350. The molecular formula is C26H30F2N4O4S. The van der Waals surface area contributed by atoms with Crippen molar-refractivity contribution in [1.82, 2.24) is 4.98 Å². The topological polar surface area (TPSA) is 101 Å². The first-order valence-corrected chi connectivity index (χ1v) is 14.3. The maximum atomic E-state index is 13.5. The first-order chi connectivity index (χ1) is 17.6. The van der Waals surface area contributed by atoms with E-state index in [0.29, 0.717) is 35.1 Å². The number of halogens is 2. The van der Waals surface area contributed by atoms with Crippen molar-refractivity contribution < 1.29 is 26.7 Å². The lowest BCUT2D eigenvalue weighted by Crippen LogP contribution is -2.26. The highest BCUT2D eigenvalue weighted by Gasteiger charge is 2.31. The highest BCUT2D eigenvalue weighted by molar-refractivity contribution is 7.92. The predicted molar refractivity (Wildman–Crippen MR) is 138 cm³/mol. The molecule has 2 aliphatic heterocycles. The fourth-order valence-electron chi connectivity index (χ4n) is 4.73. The molecule has 198 valence electrons. The largest absolute Gasteiger partial charge is 0.374 e. The van der Waals surface area contributed by atoms with E-state index in [1.54, 1.807) is 18.2 Å². The summed E-state index contributed by atoms with van der Waals surface area (Å²) in [7, 11) is -2.14. The summed E-state index contributed by atoms with van der Waals surface area (Å²) in [6.45, 7) is 0.651. The monoisotopic (exact) mass is 532 g/mol. The van der Waals surface area contributed by atoms with Crippen LogP contribution in [0, 0.1) is 5.92 Å². The molecule has 0 unspecified atom stereocenters. The van der Waals surface area contributed by atoms with Gasteiger partial charge in [-0.15, -0.1) is 0 Å². The van der Waals surface area contributed by atoms with Gasteiger partial charge in [-0.05, 0) is 55.9 Å². The SMILES string of the molecule is CN(c1cc([C@H]2CCCCO2)ccc1Nc1cc(CC(=O)C2CC2)nc2c1N=C(C(F)F)C2)S(C)(=O)=O. The molecular weight excluding hydrogens is 502 g/mol. The Morgan fingerprint density at radius 1 is 1.19 bits per heavy atom. The number of benzene rings is 1. The number of rotatable bonds is 9. The van der Waals surface area contributed by atoms with Crippen molar-refractivity contribution in [2.24, 2.45) is 10.9 Å². The van der Waals surface area contributed by atoms with Crippen molar-refractivity contribution in [3.8, 4) is 0 Å². The Morgan fingerprint density at radius 2 is 1.97 bits per heavy atom. The number of ketones is 1. The van der Waals surface area contributed by atoms with Crippen LogP contribution in [0.3, 0.4) is 0 Å². The number of ether oxygens (including phenoxy) is 1. The zero-order valence-corrected chi connectivity index (χ0v) is 21.7. The Balaban J connectivity index is 1.54. The molecule has 1 aliphatic carbocycles. The second kappa shape index (κ2) is 10.1. The minimum absolute atomic E-state index is 0.0453. The maximum Gasteiger partial charge on any atom is 0.277 e. The van der Waals surface area contributed by atoms with Gasteiger partial charge in [-0.2, -0.15) is 0 Å². The number of aliphatic imine (C=N–C) groups is 1. The number of hydrogen-bond acceptors (Lipinski definition) is 7. The Labute approximate surface area is 215 Å². The summed E-state index contributed by atoms with van der Waals surface area (Å²) < 4.78 is 59.0. The van der Waals surface area contributed by atoms with Crippen molar-refractivity contribution in [2.45, 2.75) is 57.5 Å². The van der Waals surface area contributed by atoms with Crippen LogP contribution in [-0.2, 0) is 32.4 Å². The van der Waals surface area contributed by atoms with Crippen LogP contribution in [0.25, 0.3) is 0 Å². The summed E-state index contributed by atoms with van der Waals surface area (Å²) in [6.07, 6.45) is 2.88. The molecule has 3 heterocycles. The zero-order chi connectivity index (χ0) is 26.3. The number of nitrogens with zero attached hydrogens (tertiary/aromatic N) is 3. The van der Waals surface area contributed by atoms with Crippen LogP contribution in [0.4, 0.5) is 31.5 Å². The average Bonchev–Trinajstić information content (AvgIpc) is 3.62. The van der Waals surface area contributed by atoms with Crippen LogP contribution in [0.15, 0.2) is 29.3 Å². The van der Waals surface area contributed by atoms with Crippen molar-refractivity contribution in [1.29, 1.82) is 0 Å². The first kappa shape index (κ1) is 25.7. The van der Waals surface area contributed by atoms with E-state index >= 15 is 0 Å². The molecule has 0 bridgehead atoms. The van der Waals surface area contributed by atoms with Crippen molar-refractivity contribution >= 4 is 44.3 Å². The van der Waals surface area contributed by atoms with Crippen molar-refractivity contribution in [3.63, 3.8) is 0 Å². The number of alkyl halides is 2. The molecule has 1 aromatic heterocycles. The lowest BCUT2D eigenvalue weighted by atomic mass is 10.00. The van der Waals surface area contributed by atoms with Gasteiger partial charge in [0.05, 0.1) is 46.5 Å². The quantitative estimate of drug-likeness (QED) is 0.494. The minimum atomic E-state index is -3.61. The average molecular weight is 533 g/mol. The molecule has 37 heavy (non-hydrogen) atoms. The van der Waals surface area contributed by atoms with Gasteiger partial charge in [0.25, 0.3) is 6.43 Å². The van der Waals surface area contributed by atoms with Gasteiger partial charge >= 0.3 is 0 Å². The maximum absolute atomic E-state index is 13.5. The summed E-state index contributed by atoms with van der Waals surface area (Å²) in [6, 6.07) is 7.08. The van der Waals surface area contributed by atoms with E-state index in [9.17, 15) is 22.0 Å². The molecule has 1 N–H and O–H groups in total. The van der Waals surface area contributed by atoms with Gasteiger partial charge in [0, 0.05) is 32.4 Å². The number of Topliss-reactive ketones (excluding diaryl/α,β-unsaturated/α-hetero) is 1. The standard InChI is InChI=1S/C26H30F2N4O4S/c1-32(37(2,34)35)22-11-16(24-5-3-4-10-36-24)8-9-18(22)30-19-12-17(13-23(33)15-6-7-15)29-20-14-21(26(27)28)31-25(19)20/h8-9,11-12,15,24,26H,3-7,10,13-14H2,1-2H3,(H,29,30)/t24-/m1/s1. The number of hydrogen-bond donors (Lipinski definition) is 1. The number of pyridine rings is 1. The predicted octanol–water partition coefficient (Wildman–Crippen LogP) is 4.88. The number of anilines is 3. The summed E-state index contributed by atoms with van der Waals surface area (Å²) >= 11 is 0. The third-order valence-corrected chi connectivity index (χ3v) is 8.23. The fourth-order valence-corrected chi connectivity index (χ4v) is 5.24. The number of carbonyl (C=O) groups is 1. The summed E-state index contributed by atoms with van der Waals surface area (Å²) in [4.78, 5) is 21.1. The van der Waals surface area contributed by atoms with Crippen LogP contribution < -0.4 is 9.62 Å². The highest BCUT2D eigenvalue weighted by Crippen LogP contribution is 2.41. The molecule has 0 amide bonds. The molecule has 1 saturated heterocycles. The second-order valence-electron chi connectivity index (χ2n) is 9.94. The van der Waals surface area contributed by atoms with Crippen molar-refractivity contribution in [3.05, 3.63) is 41.2 Å². The van der Waals surface area contributed by atoms with E-state index in [0.717, 1.165) is 43.9 Å². The van der Waals surface area contributed by atoms with E-state index in [1.807, 2.05) is 6.07 Å². The van der Waals surface area contributed by atoms with Gasteiger partial charge in [-0.25, -0.2) is 22.2 Å². The summed E-state index contributed by atoms with van der Waals surface area (Å²) in [5.41, 5.74) is 2.99. The molecule has 1 saturated carbocycles. The van der Waals surface area contributed by atoms with Gasteiger partial charge < -0.3 is 10.1 Å². The molecule has 0 spiro atoms. The molecule has 3 aliphatic rings. The van der Waals surface area contributed by atoms with Crippen LogP contribution >= 0.6 is 0 Å². The Kier molecular flexibility index (Phi) is 7.01. The normalized spacial score (nSPS) is 19.5. The third kappa shape index (κ3) is 5.67. The lowest BCUT2D eigenvalue weighted by molar-refractivity contribution is -0.119. The minimum Gasteiger partial charge on any atom is -0.374 e. The van der Waals surface area contributed by atoms with E-state index in [2.05, 4.69) is 15.3 Å². The van der Waals surface area contributed by atoms with Gasteiger partial charge in [-0.1, -0.05) is 6.07 Å². The number of aromatic nitrogens is 1. The van der Waals surface area contributed by atoms with Crippen LogP contribution in [-0.4, -0.2) is 51.2 Å². The van der Waals surface area contributed by atoms with E-state index in [-0.39, 0.29) is 42.0 Å². The second-order valence-corrected chi connectivity index (χ2v) is 12.0. The van der Waals surface area contributed by atoms with Crippen molar-refractivity contribution in [2.75, 3.05) is 29.5 Å². The third-order valence-electron chi connectivity index (χ3n) is 7.04. The van der Waals surface area contributed by atoms with Gasteiger partial charge in [-0.3, -0.25) is 14.1 Å². The molecule has 2 fully saturated rings. The molecule has 2 aromatic rings. The smallest absolute Gasteiger partial charge is 0.277 e. The van der Waals surface area contributed by atoms with Crippen LogP contribution in [0.1, 0.15) is 55.2 Å². The van der Waals surface area contributed by atoms with Gasteiger partial charge in [0.15, 0.2) is 0 Å². The fraction of sp³-hybridized carbons (Fsp3) is 0.500.